The average molecular weight is 315 g/mol. The van der Waals surface area contributed by atoms with E-state index in [1.165, 1.54) is 12.1 Å². The second-order valence-corrected chi connectivity index (χ2v) is 6.39. The molecule has 1 aliphatic rings. The van der Waals surface area contributed by atoms with Gasteiger partial charge in [-0.25, -0.2) is 4.39 Å². The van der Waals surface area contributed by atoms with E-state index in [1.807, 2.05) is 0 Å². The van der Waals surface area contributed by atoms with E-state index >= 15 is 0 Å². The first kappa shape index (κ1) is 16.7. The van der Waals surface area contributed by atoms with Gasteiger partial charge >= 0.3 is 0 Å². The number of aliphatic hydroxyl groups excluding tert-OH is 1. The molecule has 1 atom stereocenters. The second kappa shape index (κ2) is 7.54. The fraction of sp³-hybridized carbons (Fsp3) is 0.625. The summed E-state index contributed by atoms with van der Waals surface area (Å²) in [6.07, 6.45) is 2.09. The fourth-order valence-corrected chi connectivity index (χ4v) is 2.97. The Morgan fingerprint density at radius 1 is 1.38 bits per heavy atom. The van der Waals surface area contributed by atoms with Gasteiger partial charge in [-0.2, -0.15) is 0 Å². The smallest absolute Gasteiger partial charge is 0.142 e. The molecule has 0 aromatic heterocycles. The average Bonchev–Trinajstić information content (AvgIpc) is 2.48. The van der Waals surface area contributed by atoms with Gasteiger partial charge in [-0.3, -0.25) is 0 Å². The van der Waals surface area contributed by atoms with Crippen LogP contribution < -0.4 is 5.32 Å². The van der Waals surface area contributed by atoms with Crippen LogP contribution in [0.3, 0.4) is 0 Å². The van der Waals surface area contributed by atoms with Crippen molar-refractivity contribution in [1.82, 2.24) is 10.2 Å². The van der Waals surface area contributed by atoms with E-state index in [1.54, 1.807) is 6.07 Å². The molecule has 0 amide bonds. The topological polar surface area (TPSA) is 35.5 Å². The Hall–Kier alpha value is -0.680. The first-order chi connectivity index (χ1) is 10.0. The van der Waals surface area contributed by atoms with Crippen LogP contribution in [0, 0.1) is 5.82 Å². The highest BCUT2D eigenvalue weighted by atomic mass is 35.5. The van der Waals surface area contributed by atoms with Crippen LogP contribution in [-0.2, 0) is 0 Å². The van der Waals surface area contributed by atoms with Crippen LogP contribution in [0.5, 0.6) is 0 Å². The number of aliphatic hydroxyl groups is 1. The Labute approximate surface area is 131 Å². The molecular formula is C16H24ClFN2O. The van der Waals surface area contributed by atoms with Crippen molar-refractivity contribution in [3.05, 3.63) is 34.6 Å². The van der Waals surface area contributed by atoms with E-state index in [0.29, 0.717) is 12.1 Å². The molecule has 0 saturated carbocycles. The van der Waals surface area contributed by atoms with Gasteiger partial charge in [0.2, 0.25) is 0 Å². The fourth-order valence-electron chi connectivity index (χ4n) is 2.85. The quantitative estimate of drug-likeness (QED) is 0.877. The summed E-state index contributed by atoms with van der Waals surface area (Å²) >= 11 is 5.70. The van der Waals surface area contributed by atoms with Crippen LogP contribution >= 0.6 is 11.6 Å². The zero-order chi connectivity index (χ0) is 15.4. The van der Waals surface area contributed by atoms with Gasteiger partial charge in [0.1, 0.15) is 5.82 Å². The van der Waals surface area contributed by atoms with E-state index in [-0.39, 0.29) is 17.7 Å². The van der Waals surface area contributed by atoms with Crippen molar-refractivity contribution in [2.45, 2.75) is 44.8 Å². The number of hydrogen-bond donors (Lipinski definition) is 2. The SMILES string of the molecule is CC(C)N1CCC(NC(CO)c2ccc(Cl)c(F)c2)CC1. The summed E-state index contributed by atoms with van der Waals surface area (Å²) in [7, 11) is 0. The third-order valence-corrected chi connectivity index (χ3v) is 4.53. The summed E-state index contributed by atoms with van der Waals surface area (Å²) in [5, 5.41) is 13.1. The van der Waals surface area contributed by atoms with Crippen molar-refractivity contribution in [3.63, 3.8) is 0 Å². The van der Waals surface area contributed by atoms with Crippen molar-refractivity contribution in [2.75, 3.05) is 19.7 Å². The Balaban J connectivity index is 1.95. The van der Waals surface area contributed by atoms with Crippen LogP contribution in [0.25, 0.3) is 0 Å². The third kappa shape index (κ3) is 4.39. The molecule has 118 valence electrons. The molecule has 1 aromatic rings. The van der Waals surface area contributed by atoms with Crippen LogP contribution in [0.4, 0.5) is 4.39 Å². The van der Waals surface area contributed by atoms with E-state index < -0.39 is 5.82 Å². The van der Waals surface area contributed by atoms with Gasteiger partial charge in [0.05, 0.1) is 17.7 Å². The van der Waals surface area contributed by atoms with Gasteiger partial charge in [-0.1, -0.05) is 17.7 Å². The van der Waals surface area contributed by atoms with Crippen molar-refractivity contribution >= 4 is 11.6 Å². The number of nitrogens with zero attached hydrogens (tertiary/aromatic N) is 1. The molecule has 2 N–H and O–H groups in total. The molecule has 21 heavy (non-hydrogen) atoms. The molecule has 1 heterocycles. The lowest BCUT2D eigenvalue weighted by Crippen LogP contribution is -2.46. The number of likely N-dealkylation sites (tertiary alicyclic amines) is 1. The van der Waals surface area contributed by atoms with E-state index in [9.17, 15) is 9.50 Å². The maximum Gasteiger partial charge on any atom is 0.142 e. The maximum atomic E-state index is 13.5. The van der Waals surface area contributed by atoms with Crippen molar-refractivity contribution in [2.24, 2.45) is 0 Å². The Morgan fingerprint density at radius 2 is 2.05 bits per heavy atom. The highest BCUT2D eigenvalue weighted by molar-refractivity contribution is 6.30. The first-order valence-corrected chi connectivity index (χ1v) is 7.95. The zero-order valence-electron chi connectivity index (χ0n) is 12.6. The minimum atomic E-state index is -0.441. The van der Waals surface area contributed by atoms with Gasteiger partial charge in [-0.15, -0.1) is 0 Å². The number of rotatable bonds is 5. The molecule has 1 aliphatic heterocycles. The molecule has 1 unspecified atom stereocenters. The highest BCUT2D eigenvalue weighted by Crippen LogP contribution is 2.22. The predicted octanol–water partition coefficient (Wildman–Crippen LogP) is 2.97. The van der Waals surface area contributed by atoms with Crippen LogP contribution in [0.1, 0.15) is 38.3 Å². The third-order valence-electron chi connectivity index (χ3n) is 4.23. The molecule has 0 bridgehead atoms. The Kier molecular flexibility index (Phi) is 5.99. The molecule has 5 heteroatoms. The van der Waals surface area contributed by atoms with Crippen molar-refractivity contribution in [1.29, 1.82) is 0 Å². The summed E-state index contributed by atoms with van der Waals surface area (Å²) < 4.78 is 13.5. The lowest BCUT2D eigenvalue weighted by Gasteiger charge is -2.36. The largest absolute Gasteiger partial charge is 0.394 e. The van der Waals surface area contributed by atoms with Crippen LogP contribution in [0.15, 0.2) is 18.2 Å². The lowest BCUT2D eigenvalue weighted by molar-refractivity contribution is 0.146. The molecule has 1 fully saturated rings. The Morgan fingerprint density at radius 3 is 2.57 bits per heavy atom. The minimum absolute atomic E-state index is 0.0501. The second-order valence-electron chi connectivity index (χ2n) is 5.98. The molecule has 0 radical (unpaired) electrons. The Bertz CT molecular complexity index is 462. The summed E-state index contributed by atoms with van der Waals surface area (Å²) in [6.45, 7) is 6.48. The van der Waals surface area contributed by atoms with Crippen molar-refractivity contribution < 1.29 is 9.50 Å². The van der Waals surface area contributed by atoms with E-state index in [2.05, 4.69) is 24.1 Å². The number of piperidine rings is 1. The molecular weight excluding hydrogens is 291 g/mol. The van der Waals surface area contributed by atoms with E-state index in [4.69, 9.17) is 11.6 Å². The standard InChI is InChI=1S/C16H24ClFN2O/c1-11(2)20-7-5-13(6-8-20)19-16(10-21)12-3-4-14(17)15(18)9-12/h3-4,9,11,13,16,19,21H,5-8,10H2,1-2H3. The zero-order valence-corrected chi connectivity index (χ0v) is 13.4. The van der Waals surface area contributed by atoms with Gasteiger partial charge < -0.3 is 15.3 Å². The highest BCUT2D eigenvalue weighted by Gasteiger charge is 2.23. The number of halogens is 2. The van der Waals surface area contributed by atoms with Crippen LogP contribution in [0.2, 0.25) is 5.02 Å². The van der Waals surface area contributed by atoms with Gasteiger partial charge in [-0.05, 0) is 57.5 Å². The summed E-state index contributed by atoms with van der Waals surface area (Å²) in [5.74, 6) is -0.441. The lowest BCUT2D eigenvalue weighted by atomic mass is 10.00. The predicted molar refractivity (Wildman–Crippen MR) is 84.1 cm³/mol. The summed E-state index contributed by atoms with van der Waals surface area (Å²) in [4.78, 5) is 2.45. The minimum Gasteiger partial charge on any atom is -0.394 e. The molecule has 0 spiro atoms. The number of hydrogen-bond acceptors (Lipinski definition) is 3. The first-order valence-electron chi connectivity index (χ1n) is 7.57. The summed E-state index contributed by atoms with van der Waals surface area (Å²) in [5.41, 5.74) is 0.741. The molecule has 0 aliphatic carbocycles. The summed E-state index contributed by atoms with van der Waals surface area (Å²) in [6, 6.07) is 5.40. The number of benzene rings is 1. The molecule has 3 nitrogen and oxygen atoms in total. The van der Waals surface area contributed by atoms with Gasteiger partial charge in [0.25, 0.3) is 0 Å². The van der Waals surface area contributed by atoms with Gasteiger partial charge in [0.15, 0.2) is 0 Å². The number of nitrogens with one attached hydrogen (secondary N) is 1. The normalized spacial score (nSPS) is 19.1. The van der Waals surface area contributed by atoms with E-state index in [0.717, 1.165) is 31.5 Å². The maximum absolute atomic E-state index is 13.5. The molecule has 1 saturated heterocycles. The van der Waals surface area contributed by atoms with Crippen molar-refractivity contribution in [3.8, 4) is 0 Å². The van der Waals surface area contributed by atoms with Gasteiger partial charge in [0, 0.05) is 12.1 Å². The molecule has 1 aromatic carbocycles. The monoisotopic (exact) mass is 314 g/mol. The molecule has 2 rings (SSSR count). The van der Waals surface area contributed by atoms with Crippen LogP contribution in [-0.4, -0.2) is 41.8 Å².